The SMILES string of the molecule is CCCN(CC)CCC(CC)CN. The zero-order valence-corrected chi connectivity index (χ0v) is 9.55. The van der Waals surface area contributed by atoms with E-state index >= 15 is 0 Å². The Bertz CT molecular complexity index is 100. The highest BCUT2D eigenvalue weighted by Crippen LogP contribution is 2.07. The van der Waals surface area contributed by atoms with Gasteiger partial charge in [-0.1, -0.05) is 27.2 Å². The molecule has 1 atom stereocenters. The Balaban J connectivity index is 3.56. The van der Waals surface area contributed by atoms with Gasteiger partial charge in [0.05, 0.1) is 0 Å². The van der Waals surface area contributed by atoms with Gasteiger partial charge in [-0.15, -0.1) is 0 Å². The molecular weight excluding hydrogens is 160 g/mol. The van der Waals surface area contributed by atoms with E-state index in [2.05, 4.69) is 25.7 Å². The molecule has 0 fully saturated rings. The number of nitrogens with zero attached hydrogens (tertiary/aromatic N) is 1. The number of hydrogen-bond donors (Lipinski definition) is 1. The van der Waals surface area contributed by atoms with E-state index in [1.165, 1.54) is 38.9 Å². The lowest BCUT2D eigenvalue weighted by Crippen LogP contribution is -2.28. The summed E-state index contributed by atoms with van der Waals surface area (Å²) in [6, 6.07) is 0. The van der Waals surface area contributed by atoms with Crippen LogP contribution >= 0.6 is 0 Å². The first-order valence-electron chi connectivity index (χ1n) is 5.70. The summed E-state index contributed by atoms with van der Waals surface area (Å²) in [6.07, 6.45) is 3.74. The number of hydrogen-bond acceptors (Lipinski definition) is 2. The Hall–Kier alpha value is -0.0800. The minimum absolute atomic E-state index is 0.728. The summed E-state index contributed by atoms with van der Waals surface area (Å²) in [7, 11) is 0. The van der Waals surface area contributed by atoms with Crippen LogP contribution in [-0.2, 0) is 0 Å². The maximum absolute atomic E-state index is 5.67. The predicted octanol–water partition coefficient (Wildman–Crippen LogP) is 2.09. The van der Waals surface area contributed by atoms with Gasteiger partial charge in [-0.25, -0.2) is 0 Å². The van der Waals surface area contributed by atoms with Crippen LogP contribution in [0.2, 0.25) is 0 Å². The summed E-state index contributed by atoms with van der Waals surface area (Å²) < 4.78 is 0. The molecule has 0 aromatic carbocycles. The van der Waals surface area contributed by atoms with E-state index in [1.54, 1.807) is 0 Å². The molecule has 2 N–H and O–H groups in total. The lowest BCUT2D eigenvalue weighted by molar-refractivity contribution is 0.262. The van der Waals surface area contributed by atoms with Gasteiger partial charge < -0.3 is 10.6 Å². The van der Waals surface area contributed by atoms with Crippen LogP contribution in [0.3, 0.4) is 0 Å². The van der Waals surface area contributed by atoms with Crippen LogP contribution in [0, 0.1) is 5.92 Å². The first-order chi connectivity index (χ1) is 6.28. The minimum Gasteiger partial charge on any atom is -0.330 e. The molecule has 0 aliphatic rings. The standard InChI is InChI=1S/C11H26N2/c1-4-8-13(6-3)9-7-11(5-2)10-12/h11H,4-10,12H2,1-3H3. The van der Waals surface area contributed by atoms with Crippen LogP contribution in [0.15, 0.2) is 0 Å². The van der Waals surface area contributed by atoms with Crippen LogP contribution in [0.1, 0.15) is 40.0 Å². The summed E-state index contributed by atoms with van der Waals surface area (Å²) >= 11 is 0. The maximum Gasteiger partial charge on any atom is -0.00157 e. The lowest BCUT2D eigenvalue weighted by atomic mass is 10.0. The van der Waals surface area contributed by atoms with Crippen LogP contribution in [0.4, 0.5) is 0 Å². The van der Waals surface area contributed by atoms with Crippen molar-refractivity contribution in [2.24, 2.45) is 11.7 Å². The van der Waals surface area contributed by atoms with Crippen molar-refractivity contribution in [2.45, 2.75) is 40.0 Å². The Morgan fingerprint density at radius 3 is 2.23 bits per heavy atom. The van der Waals surface area contributed by atoms with E-state index in [9.17, 15) is 0 Å². The molecule has 0 bridgehead atoms. The molecule has 2 heteroatoms. The third-order valence-electron chi connectivity index (χ3n) is 2.75. The Morgan fingerprint density at radius 2 is 1.85 bits per heavy atom. The maximum atomic E-state index is 5.67. The van der Waals surface area contributed by atoms with Crippen LogP contribution in [0.25, 0.3) is 0 Å². The second kappa shape index (κ2) is 8.52. The number of rotatable bonds is 8. The Kier molecular flexibility index (Phi) is 8.46. The Morgan fingerprint density at radius 1 is 1.15 bits per heavy atom. The van der Waals surface area contributed by atoms with Gasteiger partial charge in [0.2, 0.25) is 0 Å². The van der Waals surface area contributed by atoms with Crippen molar-refractivity contribution < 1.29 is 0 Å². The highest BCUT2D eigenvalue weighted by Gasteiger charge is 2.06. The van der Waals surface area contributed by atoms with Crippen LogP contribution in [-0.4, -0.2) is 31.1 Å². The van der Waals surface area contributed by atoms with E-state index in [-0.39, 0.29) is 0 Å². The summed E-state index contributed by atoms with van der Waals surface area (Å²) in [5.41, 5.74) is 5.67. The van der Waals surface area contributed by atoms with E-state index in [0.717, 1.165) is 12.5 Å². The molecule has 0 aromatic rings. The van der Waals surface area contributed by atoms with E-state index < -0.39 is 0 Å². The largest absolute Gasteiger partial charge is 0.330 e. The third-order valence-corrected chi connectivity index (χ3v) is 2.75. The van der Waals surface area contributed by atoms with E-state index in [1.807, 2.05) is 0 Å². The fourth-order valence-electron chi connectivity index (χ4n) is 1.60. The molecule has 0 heterocycles. The van der Waals surface area contributed by atoms with Gasteiger partial charge in [0.25, 0.3) is 0 Å². The second-order valence-corrected chi connectivity index (χ2v) is 3.73. The molecule has 0 spiro atoms. The first kappa shape index (κ1) is 12.9. The van der Waals surface area contributed by atoms with Gasteiger partial charge in [0.15, 0.2) is 0 Å². The van der Waals surface area contributed by atoms with Crippen molar-refractivity contribution in [3.63, 3.8) is 0 Å². The minimum atomic E-state index is 0.728. The molecule has 0 saturated heterocycles. The van der Waals surface area contributed by atoms with Gasteiger partial charge in [-0.3, -0.25) is 0 Å². The van der Waals surface area contributed by atoms with Gasteiger partial charge in [0.1, 0.15) is 0 Å². The molecule has 13 heavy (non-hydrogen) atoms. The fraction of sp³-hybridized carbons (Fsp3) is 1.00. The summed E-state index contributed by atoms with van der Waals surface area (Å²) in [5.74, 6) is 0.728. The van der Waals surface area contributed by atoms with Crippen LogP contribution < -0.4 is 5.73 Å². The van der Waals surface area contributed by atoms with Crippen molar-refractivity contribution in [1.82, 2.24) is 4.90 Å². The summed E-state index contributed by atoms with van der Waals surface area (Å²) in [6.45, 7) is 11.2. The average molecular weight is 186 g/mol. The van der Waals surface area contributed by atoms with Crippen molar-refractivity contribution in [3.05, 3.63) is 0 Å². The highest BCUT2D eigenvalue weighted by molar-refractivity contribution is 4.62. The summed E-state index contributed by atoms with van der Waals surface area (Å²) in [4.78, 5) is 2.51. The average Bonchev–Trinajstić information content (AvgIpc) is 2.17. The lowest BCUT2D eigenvalue weighted by Gasteiger charge is -2.22. The fourth-order valence-corrected chi connectivity index (χ4v) is 1.60. The molecule has 0 saturated carbocycles. The normalized spacial score (nSPS) is 13.6. The molecule has 0 aliphatic heterocycles. The quantitative estimate of drug-likeness (QED) is 0.629. The molecule has 0 rings (SSSR count). The Labute approximate surface area is 83.5 Å². The molecule has 1 unspecified atom stereocenters. The van der Waals surface area contributed by atoms with Crippen molar-refractivity contribution >= 4 is 0 Å². The zero-order valence-electron chi connectivity index (χ0n) is 9.55. The van der Waals surface area contributed by atoms with Crippen molar-refractivity contribution in [3.8, 4) is 0 Å². The molecule has 0 aromatic heterocycles. The van der Waals surface area contributed by atoms with Crippen molar-refractivity contribution in [2.75, 3.05) is 26.2 Å². The summed E-state index contributed by atoms with van der Waals surface area (Å²) in [5, 5.41) is 0. The first-order valence-corrected chi connectivity index (χ1v) is 5.70. The molecule has 0 aliphatic carbocycles. The molecule has 80 valence electrons. The third kappa shape index (κ3) is 6.05. The van der Waals surface area contributed by atoms with E-state index in [4.69, 9.17) is 5.73 Å². The predicted molar refractivity (Wildman–Crippen MR) is 59.9 cm³/mol. The number of nitrogens with two attached hydrogens (primary N) is 1. The molecule has 0 radical (unpaired) electrons. The second-order valence-electron chi connectivity index (χ2n) is 3.73. The van der Waals surface area contributed by atoms with Gasteiger partial charge in [-0.2, -0.15) is 0 Å². The monoisotopic (exact) mass is 186 g/mol. The molecule has 0 amide bonds. The smallest absolute Gasteiger partial charge is 0.00157 e. The topological polar surface area (TPSA) is 29.3 Å². The van der Waals surface area contributed by atoms with Gasteiger partial charge in [-0.05, 0) is 44.9 Å². The van der Waals surface area contributed by atoms with Gasteiger partial charge in [0, 0.05) is 0 Å². The highest BCUT2D eigenvalue weighted by atomic mass is 15.1. The zero-order chi connectivity index (χ0) is 10.1. The molecule has 2 nitrogen and oxygen atoms in total. The van der Waals surface area contributed by atoms with Crippen molar-refractivity contribution in [1.29, 1.82) is 0 Å². The van der Waals surface area contributed by atoms with Crippen LogP contribution in [0.5, 0.6) is 0 Å². The van der Waals surface area contributed by atoms with E-state index in [0.29, 0.717) is 0 Å². The van der Waals surface area contributed by atoms with Gasteiger partial charge >= 0.3 is 0 Å². The molecular formula is C11H26N2.